The SMILES string of the molecule is CCCCCCCCCCOC(CCCC(CCCC)OCC(F)(F)F)C(=O)O. The van der Waals surface area contributed by atoms with Crippen LogP contribution < -0.4 is 0 Å². The lowest BCUT2D eigenvalue weighted by Gasteiger charge is -2.20. The van der Waals surface area contributed by atoms with E-state index in [1.165, 1.54) is 32.1 Å². The van der Waals surface area contributed by atoms with Crippen LogP contribution in [0.2, 0.25) is 0 Å². The highest BCUT2D eigenvalue weighted by Crippen LogP contribution is 2.20. The van der Waals surface area contributed by atoms with E-state index in [4.69, 9.17) is 9.47 Å². The van der Waals surface area contributed by atoms with E-state index in [-0.39, 0.29) is 0 Å². The lowest BCUT2D eigenvalue weighted by atomic mass is 10.0. The zero-order valence-electron chi connectivity index (χ0n) is 18.3. The minimum atomic E-state index is -4.34. The van der Waals surface area contributed by atoms with Crippen molar-refractivity contribution in [2.24, 2.45) is 0 Å². The van der Waals surface area contributed by atoms with E-state index in [1.54, 1.807) is 0 Å². The van der Waals surface area contributed by atoms with Gasteiger partial charge in [-0.2, -0.15) is 13.2 Å². The summed E-state index contributed by atoms with van der Waals surface area (Å²) < 4.78 is 47.6. The Labute approximate surface area is 174 Å². The van der Waals surface area contributed by atoms with E-state index >= 15 is 0 Å². The van der Waals surface area contributed by atoms with Crippen molar-refractivity contribution in [3.05, 3.63) is 0 Å². The Morgan fingerprint density at radius 2 is 1.34 bits per heavy atom. The lowest BCUT2D eigenvalue weighted by molar-refractivity contribution is -0.186. The van der Waals surface area contributed by atoms with E-state index in [2.05, 4.69) is 6.92 Å². The number of ether oxygens (including phenoxy) is 2. The molecule has 0 aliphatic carbocycles. The predicted molar refractivity (Wildman–Crippen MR) is 109 cm³/mol. The monoisotopic (exact) mass is 426 g/mol. The van der Waals surface area contributed by atoms with Crippen LogP contribution in [0.25, 0.3) is 0 Å². The number of aliphatic carboxylic acids is 1. The minimum absolute atomic E-state index is 0.296. The first-order chi connectivity index (χ1) is 13.8. The van der Waals surface area contributed by atoms with Gasteiger partial charge in [0.1, 0.15) is 6.61 Å². The summed E-state index contributed by atoms with van der Waals surface area (Å²) in [6.07, 6.45) is 6.96. The van der Waals surface area contributed by atoms with Crippen LogP contribution in [-0.4, -0.2) is 42.7 Å². The molecule has 0 spiro atoms. The molecule has 0 radical (unpaired) electrons. The highest BCUT2D eigenvalue weighted by Gasteiger charge is 2.29. The Morgan fingerprint density at radius 3 is 1.90 bits per heavy atom. The second-order valence-corrected chi connectivity index (χ2v) is 7.79. The normalized spacial score (nSPS) is 14.1. The first-order valence-electron chi connectivity index (χ1n) is 11.3. The smallest absolute Gasteiger partial charge is 0.411 e. The van der Waals surface area contributed by atoms with Crippen molar-refractivity contribution >= 4 is 5.97 Å². The van der Waals surface area contributed by atoms with Crippen molar-refractivity contribution in [2.75, 3.05) is 13.2 Å². The third-order valence-electron chi connectivity index (χ3n) is 4.95. The molecule has 0 bridgehead atoms. The number of carboxylic acids is 1. The molecule has 2 unspecified atom stereocenters. The number of carbonyl (C=O) groups is 1. The molecule has 0 aromatic heterocycles. The van der Waals surface area contributed by atoms with Crippen molar-refractivity contribution in [3.8, 4) is 0 Å². The van der Waals surface area contributed by atoms with E-state index in [0.717, 1.165) is 32.1 Å². The molecule has 0 aliphatic heterocycles. The van der Waals surface area contributed by atoms with Crippen LogP contribution in [-0.2, 0) is 14.3 Å². The molecule has 0 amide bonds. The number of hydrogen-bond donors (Lipinski definition) is 1. The van der Waals surface area contributed by atoms with Crippen LogP contribution in [0, 0.1) is 0 Å². The standard InChI is InChI=1S/C22H41F3O4/c1-3-5-7-8-9-10-11-12-17-28-20(21(26)27)16-13-15-19(14-6-4-2)29-18-22(23,24)25/h19-20H,3-18H2,1-2H3,(H,26,27). The molecule has 2 atom stereocenters. The molecule has 29 heavy (non-hydrogen) atoms. The molecule has 4 nitrogen and oxygen atoms in total. The van der Waals surface area contributed by atoms with Gasteiger partial charge in [-0.05, 0) is 32.1 Å². The maximum Gasteiger partial charge on any atom is 0.411 e. The predicted octanol–water partition coefficient (Wildman–Crippen LogP) is 6.90. The molecule has 0 fully saturated rings. The molecule has 0 rings (SSSR count). The van der Waals surface area contributed by atoms with Gasteiger partial charge in [0.15, 0.2) is 6.10 Å². The molecule has 0 saturated carbocycles. The van der Waals surface area contributed by atoms with Crippen molar-refractivity contribution in [1.29, 1.82) is 0 Å². The van der Waals surface area contributed by atoms with Crippen LogP contribution in [0.4, 0.5) is 13.2 Å². The summed E-state index contributed by atoms with van der Waals surface area (Å²) in [7, 11) is 0. The second kappa shape index (κ2) is 18.0. The number of unbranched alkanes of at least 4 members (excludes halogenated alkanes) is 8. The Bertz CT molecular complexity index is 389. The quantitative estimate of drug-likeness (QED) is 0.215. The Hall–Kier alpha value is -0.820. The van der Waals surface area contributed by atoms with Crippen LogP contribution in [0.15, 0.2) is 0 Å². The van der Waals surface area contributed by atoms with Crippen LogP contribution in [0.1, 0.15) is 104 Å². The highest BCUT2D eigenvalue weighted by atomic mass is 19.4. The summed E-state index contributed by atoms with van der Waals surface area (Å²) in [6.45, 7) is 3.33. The third-order valence-corrected chi connectivity index (χ3v) is 4.95. The van der Waals surface area contributed by atoms with Gasteiger partial charge in [0.2, 0.25) is 0 Å². The molecule has 7 heteroatoms. The molecule has 0 aliphatic rings. The van der Waals surface area contributed by atoms with E-state index in [9.17, 15) is 23.1 Å². The van der Waals surface area contributed by atoms with Crippen molar-refractivity contribution in [1.82, 2.24) is 0 Å². The number of hydrogen-bond acceptors (Lipinski definition) is 3. The summed E-state index contributed by atoms with van der Waals surface area (Å²) in [4.78, 5) is 11.4. The molecule has 0 heterocycles. The van der Waals surface area contributed by atoms with Crippen LogP contribution in [0.5, 0.6) is 0 Å². The Balaban J connectivity index is 4.03. The summed E-state index contributed by atoms with van der Waals surface area (Å²) in [6, 6.07) is 0. The molecule has 0 aromatic rings. The Kier molecular flexibility index (Phi) is 17.5. The third kappa shape index (κ3) is 18.9. The first kappa shape index (κ1) is 28.2. The molecule has 0 aromatic carbocycles. The van der Waals surface area contributed by atoms with Gasteiger partial charge < -0.3 is 14.6 Å². The maximum absolute atomic E-state index is 12.4. The van der Waals surface area contributed by atoms with Gasteiger partial charge in [0, 0.05) is 6.61 Å². The van der Waals surface area contributed by atoms with Gasteiger partial charge in [-0.25, -0.2) is 4.79 Å². The molecule has 0 saturated heterocycles. The van der Waals surface area contributed by atoms with Crippen LogP contribution in [0.3, 0.4) is 0 Å². The number of carboxylic acid groups (broad SMARTS) is 1. The zero-order valence-corrected chi connectivity index (χ0v) is 18.3. The minimum Gasteiger partial charge on any atom is -0.479 e. The fourth-order valence-electron chi connectivity index (χ4n) is 3.23. The number of rotatable bonds is 20. The van der Waals surface area contributed by atoms with Crippen molar-refractivity contribution in [3.63, 3.8) is 0 Å². The molecular formula is C22H41F3O4. The average Bonchev–Trinajstić information content (AvgIpc) is 2.65. The van der Waals surface area contributed by atoms with Gasteiger partial charge in [0.25, 0.3) is 0 Å². The van der Waals surface area contributed by atoms with Gasteiger partial charge in [-0.1, -0.05) is 71.6 Å². The van der Waals surface area contributed by atoms with Gasteiger partial charge in [0.05, 0.1) is 6.10 Å². The summed E-state index contributed by atoms with van der Waals surface area (Å²) in [5.41, 5.74) is 0. The maximum atomic E-state index is 12.4. The van der Waals surface area contributed by atoms with Gasteiger partial charge >= 0.3 is 12.1 Å². The number of alkyl halides is 3. The zero-order chi connectivity index (χ0) is 22.0. The highest BCUT2D eigenvalue weighted by molar-refractivity contribution is 5.72. The summed E-state index contributed by atoms with van der Waals surface area (Å²) >= 11 is 0. The fraction of sp³-hybridized carbons (Fsp3) is 0.955. The molecule has 174 valence electrons. The second-order valence-electron chi connectivity index (χ2n) is 7.79. The fourth-order valence-corrected chi connectivity index (χ4v) is 3.23. The van der Waals surface area contributed by atoms with E-state index < -0.39 is 31.0 Å². The summed E-state index contributed by atoms with van der Waals surface area (Å²) in [5.74, 6) is -1.01. The first-order valence-corrected chi connectivity index (χ1v) is 11.3. The van der Waals surface area contributed by atoms with Crippen molar-refractivity contribution < 1.29 is 32.5 Å². The molecule has 1 N–H and O–H groups in total. The molecular weight excluding hydrogens is 385 g/mol. The number of halogens is 3. The van der Waals surface area contributed by atoms with Gasteiger partial charge in [-0.15, -0.1) is 0 Å². The van der Waals surface area contributed by atoms with E-state index in [1.807, 2.05) is 6.92 Å². The summed E-state index contributed by atoms with van der Waals surface area (Å²) in [5, 5.41) is 9.31. The van der Waals surface area contributed by atoms with Gasteiger partial charge in [-0.3, -0.25) is 0 Å². The Morgan fingerprint density at radius 1 is 0.793 bits per heavy atom. The lowest BCUT2D eigenvalue weighted by Crippen LogP contribution is -2.26. The van der Waals surface area contributed by atoms with Crippen LogP contribution >= 0.6 is 0 Å². The largest absolute Gasteiger partial charge is 0.479 e. The van der Waals surface area contributed by atoms with Crippen molar-refractivity contribution in [2.45, 2.75) is 122 Å². The average molecular weight is 427 g/mol. The van der Waals surface area contributed by atoms with E-state index in [0.29, 0.717) is 32.3 Å². The topological polar surface area (TPSA) is 55.8 Å².